The van der Waals surface area contributed by atoms with Crippen LogP contribution in [0.15, 0.2) is 12.2 Å². The Labute approximate surface area is 77.4 Å². The number of carbonyl (C=O) groups is 1. The first kappa shape index (κ1) is 7.42. The lowest BCUT2D eigenvalue weighted by Gasteiger charge is -2.26. The normalized spacial score (nSPS) is 41.7. The summed E-state index contributed by atoms with van der Waals surface area (Å²) in [6, 6.07) is 0.435. The molecule has 2 fully saturated rings. The van der Waals surface area contributed by atoms with Crippen LogP contribution in [0.3, 0.4) is 0 Å². The van der Waals surface area contributed by atoms with E-state index in [0.29, 0.717) is 18.6 Å². The van der Waals surface area contributed by atoms with Gasteiger partial charge < -0.3 is 9.64 Å². The van der Waals surface area contributed by atoms with Crippen molar-refractivity contribution in [1.82, 2.24) is 4.90 Å². The number of hydrogen-bond donors (Lipinski definition) is 0. The van der Waals surface area contributed by atoms with Gasteiger partial charge in [0.15, 0.2) is 0 Å². The Kier molecular flexibility index (Phi) is 1.43. The second-order valence-corrected chi connectivity index (χ2v) is 4.16. The highest BCUT2D eigenvalue weighted by Gasteiger charge is 2.42. The molecule has 0 aromatic heterocycles. The summed E-state index contributed by atoms with van der Waals surface area (Å²) in [4.78, 5) is 13.2. The summed E-state index contributed by atoms with van der Waals surface area (Å²) in [5.74, 6) is 1.33. The van der Waals surface area contributed by atoms with Crippen LogP contribution in [0.2, 0.25) is 0 Å². The van der Waals surface area contributed by atoms with E-state index < -0.39 is 0 Å². The zero-order chi connectivity index (χ0) is 8.84. The molecule has 1 aliphatic heterocycles. The lowest BCUT2D eigenvalue weighted by atomic mass is 10.0. The zero-order valence-electron chi connectivity index (χ0n) is 7.48. The van der Waals surface area contributed by atoms with Gasteiger partial charge in [-0.15, -0.1) is 0 Å². The van der Waals surface area contributed by atoms with Crippen molar-refractivity contribution in [1.29, 1.82) is 0 Å². The van der Waals surface area contributed by atoms with Gasteiger partial charge in [0.05, 0.1) is 6.54 Å². The Morgan fingerprint density at radius 3 is 2.85 bits per heavy atom. The minimum absolute atomic E-state index is 0.106. The highest BCUT2D eigenvalue weighted by atomic mass is 16.6. The van der Waals surface area contributed by atoms with Crippen LogP contribution in [0.1, 0.15) is 12.8 Å². The first-order valence-electron chi connectivity index (χ1n) is 4.96. The molecule has 70 valence electrons. The van der Waals surface area contributed by atoms with Crippen molar-refractivity contribution in [2.24, 2.45) is 11.8 Å². The largest absolute Gasteiger partial charge is 0.448 e. The van der Waals surface area contributed by atoms with Crippen LogP contribution in [-0.4, -0.2) is 30.2 Å². The molecule has 13 heavy (non-hydrogen) atoms. The number of ether oxygens (including phenoxy) is 1. The molecule has 3 aliphatic rings. The number of carbonyl (C=O) groups excluding carboxylic acids is 1. The molecule has 2 aliphatic carbocycles. The zero-order valence-corrected chi connectivity index (χ0v) is 7.48. The highest BCUT2D eigenvalue weighted by Crippen LogP contribution is 2.42. The summed E-state index contributed by atoms with van der Waals surface area (Å²) < 4.78 is 4.95. The van der Waals surface area contributed by atoms with E-state index in [0.717, 1.165) is 18.9 Å². The highest BCUT2D eigenvalue weighted by molar-refractivity contribution is 5.70. The van der Waals surface area contributed by atoms with E-state index in [1.54, 1.807) is 0 Å². The fraction of sp³-hybridized carbons (Fsp3) is 0.700. The monoisotopic (exact) mass is 179 g/mol. The van der Waals surface area contributed by atoms with Crippen molar-refractivity contribution >= 4 is 6.09 Å². The summed E-state index contributed by atoms with van der Waals surface area (Å²) in [6.45, 7) is 1.37. The predicted molar refractivity (Wildman–Crippen MR) is 47.2 cm³/mol. The molecule has 0 aromatic carbocycles. The Bertz CT molecular complexity index is 274. The summed E-state index contributed by atoms with van der Waals surface area (Å²) in [6.07, 6.45) is 6.85. The van der Waals surface area contributed by atoms with E-state index in [1.807, 2.05) is 4.90 Å². The van der Waals surface area contributed by atoms with Crippen LogP contribution >= 0.6 is 0 Å². The summed E-state index contributed by atoms with van der Waals surface area (Å²) >= 11 is 0. The van der Waals surface area contributed by atoms with Gasteiger partial charge in [-0.2, -0.15) is 0 Å². The average Bonchev–Trinajstić information content (AvgIpc) is 2.77. The fourth-order valence-corrected chi connectivity index (χ4v) is 2.82. The Balaban J connectivity index is 1.79. The first-order valence-corrected chi connectivity index (χ1v) is 4.96. The maximum Gasteiger partial charge on any atom is 0.410 e. The number of cyclic esters (lactones) is 1. The number of amides is 1. The van der Waals surface area contributed by atoms with Crippen LogP contribution in [0.25, 0.3) is 0 Å². The second kappa shape index (κ2) is 2.50. The molecule has 1 saturated carbocycles. The molecular weight excluding hydrogens is 166 g/mol. The van der Waals surface area contributed by atoms with Crippen LogP contribution in [-0.2, 0) is 4.74 Å². The standard InChI is InChI=1S/C10H13NO2/c12-10-11(3-4-13-10)9-6-7-1-2-8(9)5-7/h1-2,7-9H,3-6H2. The van der Waals surface area contributed by atoms with Gasteiger partial charge in [0.25, 0.3) is 0 Å². The number of nitrogens with zero attached hydrogens (tertiary/aromatic N) is 1. The molecule has 0 N–H and O–H groups in total. The number of rotatable bonds is 1. The quantitative estimate of drug-likeness (QED) is 0.569. The molecule has 1 saturated heterocycles. The second-order valence-electron chi connectivity index (χ2n) is 4.16. The number of allylic oxidation sites excluding steroid dienone is 1. The Morgan fingerprint density at radius 1 is 1.38 bits per heavy atom. The summed E-state index contributed by atoms with van der Waals surface area (Å²) in [5, 5.41) is 0. The van der Waals surface area contributed by atoms with E-state index in [2.05, 4.69) is 12.2 Å². The van der Waals surface area contributed by atoms with E-state index in [1.165, 1.54) is 6.42 Å². The third-order valence-corrected chi connectivity index (χ3v) is 3.44. The number of hydrogen-bond acceptors (Lipinski definition) is 2. The van der Waals surface area contributed by atoms with Gasteiger partial charge in [-0.05, 0) is 24.7 Å². The molecule has 0 spiro atoms. The van der Waals surface area contributed by atoms with Crippen molar-refractivity contribution in [3.8, 4) is 0 Å². The van der Waals surface area contributed by atoms with Gasteiger partial charge in [0.2, 0.25) is 0 Å². The van der Waals surface area contributed by atoms with Gasteiger partial charge in [-0.1, -0.05) is 12.2 Å². The average molecular weight is 179 g/mol. The van der Waals surface area contributed by atoms with E-state index in [4.69, 9.17) is 4.74 Å². The summed E-state index contributed by atoms with van der Waals surface area (Å²) in [5.41, 5.74) is 0. The SMILES string of the molecule is O=C1OCCN1C1CC2C=CC1C2. The van der Waals surface area contributed by atoms with E-state index in [9.17, 15) is 4.79 Å². The molecule has 3 unspecified atom stereocenters. The molecule has 3 rings (SSSR count). The van der Waals surface area contributed by atoms with Gasteiger partial charge in [0.1, 0.15) is 6.61 Å². The third-order valence-electron chi connectivity index (χ3n) is 3.44. The van der Waals surface area contributed by atoms with E-state index >= 15 is 0 Å². The van der Waals surface area contributed by atoms with Gasteiger partial charge in [0, 0.05) is 6.04 Å². The lowest BCUT2D eigenvalue weighted by molar-refractivity contribution is 0.143. The van der Waals surface area contributed by atoms with Crippen molar-refractivity contribution < 1.29 is 9.53 Å². The summed E-state index contributed by atoms with van der Waals surface area (Å²) in [7, 11) is 0. The van der Waals surface area contributed by atoms with Crippen molar-refractivity contribution in [2.45, 2.75) is 18.9 Å². The van der Waals surface area contributed by atoms with Crippen molar-refractivity contribution in [2.75, 3.05) is 13.2 Å². The molecule has 1 heterocycles. The van der Waals surface area contributed by atoms with Crippen LogP contribution in [0.4, 0.5) is 4.79 Å². The van der Waals surface area contributed by atoms with Crippen molar-refractivity contribution in [3.63, 3.8) is 0 Å². The van der Waals surface area contributed by atoms with E-state index in [-0.39, 0.29) is 6.09 Å². The molecule has 0 aromatic rings. The lowest BCUT2D eigenvalue weighted by Crippen LogP contribution is -2.38. The molecule has 2 bridgehead atoms. The van der Waals surface area contributed by atoms with Gasteiger partial charge in [-0.3, -0.25) is 0 Å². The minimum Gasteiger partial charge on any atom is -0.448 e. The molecule has 3 nitrogen and oxygen atoms in total. The maximum absolute atomic E-state index is 11.3. The van der Waals surface area contributed by atoms with Crippen LogP contribution in [0, 0.1) is 11.8 Å². The van der Waals surface area contributed by atoms with Crippen LogP contribution < -0.4 is 0 Å². The van der Waals surface area contributed by atoms with Gasteiger partial charge in [-0.25, -0.2) is 4.79 Å². The molecule has 3 atom stereocenters. The van der Waals surface area contributed by atoms with Crippen LogP contribution in [0.5, 0.6) is 0 Å². The number of fused-ring (bicyclic) bond motifs is 2. The van der Waals surface area contributed by atoms with Gasteiger partial charge >= 0.3 is 6.09 Å². The minimum atomic E-state index is -0.106. The topological polar surface area (TPSA) is 29.5 Å². The third kappa shape index (κ3) is 0.992. The Hall–Kier alpha value is -0.990. The Morgan fingerprint density at radius 2 is 2.31 bits per heavy atom. The molecule has 0 radical (unpaired) electrons. The predicted octanol–water partition coefficient (Wildman–Crippen LogP) is 1.40. The molecule has 1 amide bonds. The fourth-order valence-electron chi connectivity index (χ4n) is 2.82. The maximum atomic E-state index is 11.3. The smallest absolute Gasteiger partial charge is 0.410 e. The molecule has 3 heteroatoms. The van der Waals surface area contributed by atoms with Crippen molar-refractivity contribution in [3.05, 3.63) is 12.2 Å². The molecular formula is C10H13NO2. The first-order chi connectivity index (χ1) is 6.34.